The number of rotatable bonds is 7. The van der Waals surface area contributed by atoms with E-state index < -0.39 is 0 Å². The Morgan fingerprint density at radius 3 is 1.44 bits per heavy atom. The number of furan rings is 3. The lowest BCUT2D eigenvalue weighted by atomic mass is 9.94. The lowest BCUT2D eigenvalue weighted by molar-refractivity contribution is 0.664. The Morgan fingerprint density at radius 1 is 0.266 bits per heavy atom. The molecule has 0 fully saturated rings. The molecule has 4 nitrogen and oxygen atoms in total. The number of benzene rings is 10. The van der Waals surface area contributed by atoms with Crippen LogP contribution in [0.3, 0.4) is 0 Å². The van der Waals surface area contributed by atoms with E-state index in [2.05, 4.69) is 205 Å². The molecule has 10 aromatic carbocycles. The van der Waals surface area contributed by atoms with Crippen LogP contribution in [0.5, 0.6) is 0 Å². The van der Waals surface area contributed by atoms with Gasteiger partial charge in [0.1, 0.15) is 33.5 Å². The number of para-hydroxylation sites is 3. The summed E-state index contributed by atoms with van der Waals surface area (Å²) in [4.78, 5) is 2.32. The van der Waals surface area contributed by atoms with E-state index in [-0.39, 0.29) is 0 Å². The second-order valence-electron chi connectivity index (χ2n) is 16.4. The van der Waals surface area contributed by atoms with E-state index in [1.54, 1.807) is 0 Å². The Bertz CT molecular complexity index is 3860. The standard InChI is InChI=1S/C60H37NO3/c1-3-13-38(14-4-1)39-25-31-43(32-26-39)61(45-35-29-41(30-36-45)47-20-11-21-49-48-17-7-9-22-52(48)63-59(47)49)44-33-27-40(28-34-44)46-19-12-24-54-57(46)51-37-55-58(50-18-8-10-23-53(50)62-55)56(60(51)64-54)42-15-5-2-6-16-42/h1-37H. The first-order valence-corrected chi connectivity index (χ1v) is 21.7. The summed E-state index contributed by atoms with van der Waals surface area (Å²) in [5.41, 5.74) is 17.2. The third-order valence-corrected chi connectivity index (χ3v) is 12.7. The fourth-order valence-electron chi connectivity index (χ4n) is 9.72. The first kappa shape index (κ1) is 36.1. The van der Waals surface area contributed by atoms with Crippen LogP contribution in [0, 0.1) is 0 Å². The van der Waals surface area contributed by atoms with Gasteiger partial charge in [0.25, 0.3) is 0 Å². The molecule has 0 atom stereocenters. The minimum absolute atomic E-state index is 0.837. The van der Waals surface area contributed by atoms with Crippen LogP contribution in [0.2, 0.25) is 0 Å². The molecule has 13 rings (SSSR count). The highest BCUT2D eigenvalue weighted by Crippen LogP contribution is 2.47. The van der Waals surface area contributed by atoms with Crippen molar-refractivity contribution in [3.05, 3.63) is 224 Å². The molecule has 0 N–H and O–H groups in total. The summed E-state index contributed by atoms with van der Waals surface area (Å²) in [6.45, 7) is 0. The lowest BCUT2D eigenvalue weighted by Gasteiger charge is -2.26. The zero-order valence-electron chi connectivity index (χ0n) is 34.5. The molecule has 0 aliphatic heterocycles. The molecule has 0 aliphatic carbocycles. The highest BCUT2D eigenvalue weighted by Gasteiger charge is 2.23. The van der Waals surface area contributed by atoms with E-state index in [1.807, 2.05) is 24.3 Å². The number of nitrogens with zero attached hydrogens (tertiary/aromatic N) is 1. The Labute approximate surface area is 368 Å². The van der Waals surface area contributed by atoms with Gasteiger partial charge in [0.2, 0.25) is 0 Å². The molecule has 4 heteroatoms. The highest BCUT2D eigenvalue weighted by molar-refractivity contribution is 6.25. The number of hydrogen-bond acceptors (Lipinski definition) is 4. The summed E-state index contributed by atoms with van der Waals surface area (Å²) >= 11 is 0. The van der Waals surface area contributed by atoms with E-state index in [4.69, 9.17) is 13.3 Å². The smallest absolute Gasteiger partial charge is 0.144 e. The third-order valence-electron chi connectivity index (χ3n) is 12.7. The van der Waals surface area contributed by atoms with Crippen molar-refractivity contribution in [1.82, 2.24) is 0 Å². The topological polar surface area (TPSA) is 42.7 Å². The molecule has 0 unspecified atom stereocenters. The number of hydrogen-bond donors (Lipinski definition) is 0. The maximum atomic E-state index is 6.87. The van der Waals surface area contributed by atoms with Gasteiger partial charge in [-0.2, -0.15) is 0 Å². The van der Waals surface area contributed by atoms with Crippen LogP contribution in [0.15, 0.2) is 238 Å². The summed E-state index contributed by atoms with van der Waals surface area (Å²) in [5.74, 6) is 0. The van der Waals surface area contributed by atoms with E-state index in [0.717, 1.165) is 116 Å². The van der Waals surface area contributed by atoms with Crippen LogP contribution in [0.4, 0.5) is 17.1 Å². The Kier molecular flexibility index (Phi) is 8.18. The van der Waals surface area contributed by atoms with Crippen molar-refractivity contribution in [3.63, 3.8) is 0 Å². The van der Waals surface area contributed by atoms with E-state index in [0.29, 0.717) is 0 Å². The highest BCUT2D eigenvalue weighted by atomic mass is 16.3. The van der Waals surface area contributed by atoms with Crippen molar-refractivity contribution < 1.29 is 13.3 Å². The Hall–Kier alpha value is -8.60. The molecule has 0 spiro atoms. The van der Waals surface area contributed by atoms with Crippen LogP contribution >= 0.6 is 0 Å². The monoisotopic (exact) mass is 819 g/mol. The second-order valence-corrected chi connectivity index (χ2v) is 16.4. The SMILES string of the molecule is c1ccc(-c2ccc(N(c3ccc(-c4cccc5c4oc4ccccc45)cc3)c3ccc(-c4cccc5oc6c(-c7ccccc7)c7c(cc6c45)oc4ccccc47)cc3)cc2)cc1. The van der Waals surface area contributed by atoms with E-state index in [1.165, 1.54) is 11.1 Å². The molecule has 0 amide bonds. The third kappa shape index (κ3) is 5.77. The van der Waals surface area contributed by atoms with Gasteiger partial charge in [-0.05, 0) is 94.0 Å². The Morgan fingerprint density at radius 2 is 0.750 bits per heavy atom. The molecule has 0 saturated carbocycles. The predicted octanol–water partition coefficient (Wildman–Crippen LogP) is 17.5. The first-order chi connectivity index (χ1) is 31.7. The molecule has 3 heterocycles. The van der Waals surface area contributed by atoms with Gasteiger partial charge in [-0.3, -0.25) is 0 Å². The van der Waals surface area contributed by atoms with Gasteiger partial charge in [-0.15, -0.1) is 0 Å². The molecule has 0 radical (unpaired) electrons. The van der Waals surface area contributed by atoms with E-state index in [9.17, 15) is 0 Å². The van der Waals surface area contributed by atoms with Gasteiger partial charge >= 0.3 is 0 Å². The molecular formula is C60H37NO3. The largest absolute Gasteiger partial charge is 0.456 e. The molecular weight excluding hydrogens is 783 g/mol. The van der Waals surface area contributed by atoms with Gasteiger partial charge in [0, 0.05) is 60.5 Å². The maximum Gasteiger partial charge on any atom is 0.144 e. The van der Waals surface area contributed by atoms with Crippen molar-refractivity contribution >= 4 is 82.9 Å². The van der Waals surface area contributed by atoms with Gasteiger partial charge in [0.15, 0.2) is 0 Å². The summed E-state index contributed by atoms with van der Waals surface area (Å²) in [6.07, 6.45) is 0. The molecule has 0 aliphatic rings. The maximum absolute atomic E-state index is 6.87. The quantitative estimate of drug-likeness (QED) is 0.161. The molecule has 13 aromatic rings. The summed E-state index contributed by atoms with van der Waals surface area (Å²) in [6, 6.07) is 79.0. The Balaban J connectivity index is 0.933. The zero-order chi connectivity index (χ0) is 42.1. The number of fused-ring (bicyclic) bond motifs is 9. The van der Waals surface area contributed by atoms with Crippen LogP contribution in [-0.2, 0) is 0 Å². The van der Waals surface area contributed by atoms with E-state index >= 15 is 0 Å². The second kappa shape index (κ2) is 14.5. The van der Waals surface area contributed by atoms with Crippen LogP contribution in [0.1, 0.15) is 0 Å². The van der Waals surface area contributed by atoms with Gasteiger partial charge < -0.3 is 18.2 Å². The molecule has 300 valence electrons. The average Bonchev–Trinajstić information content (AvgIpc) is 4.06. The fourth-order valence-corrected chi connectivity index (χ4v) is 9.72. The molecule has 64 heavy (non-hydrogen) atoms. The fraction of sp³-hybridized carbons (Fsp3) is 0. The average molecular weight is 820 g/mol. The summed E-state index contributed by atoms with van der Waals surface area (Å²) < 4.78 is 19.9. The van der Waals surface area contributed by atoms with Crippen LogP contribution < -0.4 is 4.90 Å². The van der Waals surface area contributed by atoms with Crippen molar-refractivity contribution in [3.8, 4) is 44.5 Å². The molecule has 0 bridgehead atoms. The number of anilines is 3. The predicted molar refractivity (Wildman–Crippen MR) is 265 cm³/mol. The summed E-state index contributed by atoms with van der Waals surface area (Å²) in [7, 11) is 0. The van der Waals surface area contributed by atoms with Crippen LogP contribution in [-0.4, -0.2) is 0 Å². The zero-order valence-corrected chi connectivity index (χ0v) is 34.5. The van der Waals surface area contributed by atoms with Crippen molar-refractivity contribution in [2.24, 2.45) is 0 Å². The van der Waals surface area contributed by atoms with Gasteiger partial charge in [-0.25, -0.2) is 0 Å². The normalized spacial score (nSPS) is 11.8. The minimum atomic E-state index is 0.837. The van der Waals surface area contributed by atoms with Crippen molar-refractivity contribution in [2.75, 3.05) is 4.90 Å². The van der Waals surface area contributed by atoms with Gasteiger partial charge in [-0.1, -0.05) is 164 Å². The molecule has 3 aromatic heterocycles. The van der Waals surface area contributed by atoms with Crippen molar-refractivity contribution in [1.29, 1.82) is 0 Å². The lowest BCUT2D eigenvalue weighted by Crippen LogP contribution is -2.09. The molecule has 0 saturated heterocycles. The summed E-state index contributed by atoms with van der Waals surface area (Å²) in [5, 5.41) is 6.48. The van der Waals surface area contributed by atoms with Gasteiger partial charge in [0.05, 0.1) is 0 Å². The van der Waals surface area contributed by atoms with Crippen molar-refractivity contribution in [2.45, 2.75) is 0 Å². The van der Waals surface area contributed by atoms with Crippen LogP contribution in [0.25, 0.3) is 110 Å². The minimum Gasteiger partial charge on any atom is -0.456 e. The first-order valence-electron chi connectivity index (χ1n) is 21.7.